The number of piperidine rings is 1. The lowest BCUT2D eigenvalue weighted by molar-refractivity contribution is -0.150. The molecule has 4 unspecified atom stereocenters. The second-order valence-corrected chi connectivity index (χ2v) is 22.2. The Morgan fingerprint density at radius 3 is 1.59 bits per heavy atom. The van der Waals surface area contributed by atoms with E-state index in [2.05, 4.69) is 26.6 Å². The average Bonchev–Trinajstić information content (AvgIpc) is 3.20. The van der Waals surface area contributed by atoms with Gasteiger partial charge in [0.15, 0.2) is 0 Å². The van der Waals surface area contributed by atoms with Crippen molar-refractivity contribution < 1.29 is 46.7 Å². The monoisotopic (exact) mass is 940 g/mol. The lowest BCUT2D eigenvalue weighted by Crippen LogP contribution is -2.65. The Hall–Kier alpha value is -5.23. The number of hydrogen-bond donors (Lipinski definition) is 5. The molecule has 2 heterocycles. The van der Waals surface area contributed by atoms with Gasteiger partial charge in [-0.2, -0.15) is 0 Å². The van der Waals surface area contributed by atoms with Gasteiger partial charge in [0.25, 0.3) is 0 Å². The predicted octanol–water partition coefficient (Wildman–Crippen LogP) is 4.44. The number of likely N-dealkylation sites (tertiary alicyclic amines) is 1. The van der Waals surface area contributed by atoms with Crippen molar-refractivity contribution in [1.29, 1.82) is 0 Å². The highest BCUT2D eigenvalue weighted by molar-refractivity contribution is 7.88. The number of benzene rings is 2. The Labute approximate surface area is 391 Å². The van der Waals surface area contributed by atoms with Gasteiger partial charge < -0.3 is 41.0 Å². The maximum absolute atomic E-state index is 14.4. The number of carbonyl (C=O) groups excluding carboxylic acids is 6. The van der Waals surface area contributed by atoms with E-state index >= 15 is 0 Å². The van der Waals surface area contributed by atoms with Crippen LogP contribution in [0.3, 0.4) is 0 Å². The van der Waals surface area contributed by atoms with Crippen molar-refractivity contribution in [3.8, 4) is 0 Å². The van der Waals surface area contributed by atoms with Crippen LogP contribution in [0.2, 0.25) is 0 Å². The Morgan fingerprint density at radius 2 is 1.11 bits per heavy atom. The first-order valence-electron chi connectivity index (χ1n) is 23.0. The fourth-order valence-corrected chi connectivity index (χ4v) is 8.92. The smallest absolute Gasteiger partial charge is 0.408 e. The Balaban J connectivity index is 1.53. The van der Waals surface area contributed by atoms with Crippen LogP contribution in [0.4, 0.5) is 9.59 Å². The molecule has 0 radical (unpaired) electrons. The van der Waals surface area contributed by atoms with Crippen LogP contribution in [-0.2, 0) is 51.5 Å². The Morgan fingerprint density at radius 1 is 0.652 bits per heavy atom. The topological polar surface area (TPSA) is 222 Å². The van der Waals surface area contributed by atoms with Crippen LogP contribution in [0.15, 0.2) is 60.7 Å². The summed E-state index contributed by atoms with van der Waals surface area (Å²) in [7, 11) is -3.32. The molecular formula is C48H73N7O10S. The number of sulfonamides is 1. The minimum Gasteiger partial charge on any atom is -0.444 e. The molecule has 4 atom stereocenters. The molecule has 18 heteroatoms. The lowest BCUT2D eigenvalue weighted by atomic mass is 9.72. The number of ether oxygens (including phenoxy) is 2. The zero-order valence-electron chi connectivity index (χ0n) is 40.2. The molecule has 2 aliphatic rings. The molecule has 2 aromatic carbocycles. The van der Waals surface area contributed by atoms with E-state index in [1.54, 1.807) is 46.4 Å². The fraction of sp³-hybridized carbons (Fsp3) is 0.625. The fourth-order valence-electron chi connectivity index (χ4n) is 8.07. The molecule has 0 aromatic heterocycles. The molecule has 2 saturated heterocycles. The van der Waals surface area contributed by atoms with Gasteiger partial charge in [-0.3, -0.25) is 19.2 Å². The van der Waals surface area contributed by atoms with Crippen molar-refractivity contribution in [3.05, 3.63) is 71.8 Å². The molecule has 0 bridgehead atoms. The molecular weight excluding hydrogens is 867 g/mol. The molecule has 366 valence electrons. The molecule has 2 aliphatic heterocycles. The minimum absolute atomic E-state index is 0.0655. The molecule has 0 saturated carbocycles. The van der Waals surface area contributed by atoms with E-state index < -0.39 is 75.3 Å². The zero-order valence-corrected chi connectivity index (χ0v) is 41.1. The largest absolute Gasteiger partial charge is 0.444 e. The van der Waals surface area contributed by atoms with Crippen molar-refractivity contribution in [2.24, 2.45) is 11.3 Å². The van der Waals surface area contributed by atoms with Crippen molar-refractivity contribution >= 4 is 45.8 Å². The number of hydrogen-bond acceptors (Lipinski definition) is 10. The van der Waals surface area contributed by atoms with E-state index in [0.717, 1.165) is 11.1 Å². The molecule has 2 aromatic rings. The van der Waals surface area contributed by atoms with E-state index in [-0.39, 0.29) is 49.5 Å². The van der Waals surface area contributed by atoms with E-state index in [1.807, 2.05) is 74.5 Å². The molecule has 0 aliphatic carbocycles. The average molecular weight is 940 g/mol. The summed E-state index contributed by atoms with van der Waals surface area (Å²) >= 11 is 0. The summed E-state index contributed by atoms with van der Waals surface area (Å²) in [6, 6.07) is 13.9. The van der Waals surface area contributed by atoms with Gasteiger partial charge >= 0.3 is 12.2 Å². The molecule has 4 rings (SSSR count). The van der Waals surface area contributed by atoms with Crippen LogP contribution >= 0.6 is 0 Å². The van der Waals surface area contributed by atoms with Gasteiger partial charge in [-0.05, 0) is 97.1 Å². The van der Waals surface area contributed by atoms with E-state index in [0.29, 0.717) is 51.9 Å². The molecule has 2 fully saturated rings. The highest BCUT2D eigenvalue weighted by atomic mass is 32.2. The molecule has 1 spiro atoms. The van der Waals surface area contributed by atoms with Crippen LogP contribution in [0.5, 0.6) is 0 Å². The van der Waals surface area contributed by atoms with Crippen LogP contribution in [0, 0.1) is 11.3 Å². The van der Waals surface area contributed by atoms with Crippen LogP contribution in [0.1, 0.15) is 105 Å². The number of carbonyl (C=O) groups is 6. The quantitative estimate of drug-likeness (QED) is 0.118. The van der Waals surface area contributed by atoms with Crippen molar-refractivity contribution in [1.82, 2.24) is 35.8 Å². The molecule has 5 N–H and O–H groups in total. The van der Waals surface area contributed by atoms with Gasteiger partial charge in [0.2, 0.25) is 33.7 Å². The van der Waals surface area contributed by atoms with Gasteiger partial charge in [-0.25, -0.2) is 22.3 Å². The van der Waals surface area contributed by atoms with E-state index in [9.17, 15) is 37.2 Å². The van der Waals surface area contributed by atoms with Gasteiger partial charge in [0.05, 0.1) is 6.26 Å². The molecule has 66 heavy (non-hydrogen) atoms. The minimum atomic E-state index is -3.32. The highest BCUT2D eigenvalue weighted by Gasteiger charge is 2.49. The SMILES string of the molecule is CC(C)CC(NC(=O)C(Cc1ccccc1)NC(=O)C(Cc1ccccc1)NC(=O)OC(C)(C)C)C(=O)NC(CCCCNC(=O)OC(C)(C)C)C(=O)N1CC2(CCN(S(C)(=O)=O)CC2)C1. The number of nitrogens with zero attached hydrogens (tertiary/aromatic N) is 2. The van der Waals surface area contributed by atoms with E-state index in [1.165, 1.54) is 10.6 Å². The normalized spacial score (nSPS) is 17.0. The number of amides is 6. The number of unbranched alkanes of at least 4 members (excludes halogenated alkanes) is 1. The summed E-state index contributed by atoms with van der Waals surface area (Å²) in [6.45, 7) is 16.1. The summed E-state index contributed by atoms with van der Waals surface area (Å²) in [5.41, 5.74) is -0.207. The van der Waals surface area contributed by atoms with Crippen LogP contribution in [0.25, 0.3) is 0 Å². The Bertz CT molecular complexity index is 2060. The van der Waals surface area contributed by atoms with Crippen LogP contribution in [-0.4, -0.2) is 128 Å². The summed E-state index contributed by atoms with van der Waals surface area (Å²) in [6.07, 6.45) is 2.65. The summed E-state index contributed by atoms with van der Waals surface area (Å²) in [4.78, 5) is 84.1. The third-order valence-corrected chi connectivity index (χ3v) is 12.7. The third-order valence-electron chi connectivity index (χ3n) is 11.4. The first-order chi connectivity index (χ1) is 30.8. The first-order valence-corrected chi connectivity index (χ1v) is 24.9. The van der Waals surface area contributed by atoms with Crippen molar-refractivity contribution in [2.75, 3.05) is 39.0 Å². The second-order valence-electron chi connectivity index (χ2n) is 20.2. The summed E-state index contributed by atoms with van der Waals surface area (Å²) in [5, 5.41) is 14.1. The predicted molar refractivity (Wildman–Crippen MR) is 251 cm³/mol. The van der Waals surface area contributed by atoms with Gasteiger partial charge in [-0.15, -0.1) is 0 Å². The van der Waals surface area contributed by atoms with Gasteiger partial charge in [0.1, 0.15) is 35.4 Å². The van der Waals surface area contributed by atoms with Gasteiger partial charge in [0, 0.05) is 51.0 Å². The number of nitrogens with one attached hydrogen (secondary N) is 5. The maximum atomic E-state index is 14.4. The van der Waals surface area contributed by atoms with Crippen molar-refractivity contribution in [3.63, 3.8) is 0 Å². The lowest BCUT2D eigenvalue weighted by Gasteiger charge is -2.54. The summed E-state index contributed by atoms with van der Waals surface area (Å²) in [5.74, 6) is -2.20. The third kappa shape index (κ3) is 17.9. The van der Waals surface area contributed by atoms with E-state index in [4.69, 9.17) is 9.47 Å². The molecule has 6 amide bonds. The maximum Gasteiger partial charge on any atom is 0.408 e. The zero-order chi connectivity index (χ0) is 48.9. The number of alkyl carbamates (subject to hydrolysis) is 2. The van der Waals surface area contributed by atoms with Gasteiger partial charge in [-0.1, -0.05) is 74.5 Å². The Kier molecular flexibility index (Phi) is 19.0. The number of rotatable bonds is 20. The molecule has 17 nitrogen and oxygen atoms in total. The standard InChI is InChI=1S/C48H73N7O10S/c1-33(2)28-37(51-41(57)38(29-34-18-12-10-13-19-34)52-42(58)39(30-35-20-14-11-15-21-35)53-45(61)65-47(6,7)8)40(56)50-36(22-16-17-25-49-44(60)64-46(3,4)5)43(59)54-31-48(32-54)23-26-55(27-24-48)66(9,62)63/h10-15,18-21,33,36-39H,16-17,22-32H2,1-9H3,(H,49,60)(H,50,56)(H,51,57)(H,52,58)(H,53,61). The first kappa shape index (κ1) is 53.4. The highest BCUT2D eigenvalue weighted by Crippen LogP contribution is 2.41. The second kappa shape index (κ2) is 23.5. The summed E-state index contributed by atoms with van der Waals surface area (Å²) < 4.78 is 36.6. The van der Waals surface area contributed by atoms with Crippen LogP contribution < -0.4 is 26.6 Å². The van der Waals surface area contributed by atoms with Crippen molar-refractivity contribution in [2.45, 2.75) is 142 Å².